The van der Waals surface area contributed by atoms with Crippen LogP contribution in [0.2, 0.25) is 0 Å². The van der Waals surface area contributed by atoms with Crippen LogP contribution in [0.3, 0.4) is 0 Å². The van der Waals surface area contributed by atoms with E-state index in [1.54, 1.807) is 6.07 Å². The van der Waals surface area contributed by atoms with Gasteiger partial charge in [0.05, 0.1) is 12.7 Å². The molecule has 3 rings (SSSR count). The van der Waals surface area contributed by atoms with Crippen molar-refractivity contribution in [3.05, 3.63) is 59.2 Å². The van der Waals surface area contributed by atoms with Crippen molar-refractivity contribution in [3.8, 4) is 11.1 Å². The maximum absolute atomic E-state index is 11.9. The van der Waals surface area contributed by atoms with E-state index < -0.39 is 0 Å². The standard InChI is InChI=1S/C18H16O3/c1-21-18(20)17-5-3-2-4-16(17)14-7-6-13-11-15(19)9-8-12(13)10-14/h2-7,10H,8-9,11H2,1H3. The Balaban J connectivity index is 2.06. The van der Waals surface area contributed by atoms with Crippen LogP contribution >= 0.6 is 0 Å². The predicted octanol–water partition coefficient (Wildman–Crippen LogP) is 3.20. The smallest absolute Gasteiger partial charge is 0.338 e. The van der Waals surface area contributed by atoms with Gasteiger partial charge in [0.2, 0.25) is 0 Å². The van der Waals surface area contributed by atoms with Crippen LogP contribution in [0.15, 0.2) is 42.5 Å². The largest absolute Gasteiger partial charge is 0.465 e. The van der Waals surface area contributed by atoms with Crippen LogP contribution in [-0.2, 0) is 22.4 Å². The highest BCUT2D eigenvalue weighted by Crippen LogP contribution is 2.29. The lowest BCUT2D eigenvalue weighted by atomic mass is 9.87. The van der Waals surface area contributed by atoms with Gasteiger partial charge >= 0.3 is 5.97 Å². The molecule has 0 N–H and O–H groups in total. The molecule has 1 aliphatic rings. The Bertz CT molecular complexity index is 716. The molecule has 0 aromatic heterocycles. The summed E-state index contributed by atoms with van der Waals surface area (Å²) in [6, 6.07) is 13.5. The highest BCUT2D eigenvalue weighted by atomic mass is 16.5. The molecule has 3 heteroatoms. The van der Waals surface area contributed by atoms with Crippen molar-refractivity contribution in [1.29, 1.82) is 0 Å². The van der Waals surface area contributed by atoms with Gasteiger partial charge < -0.3 is 4.74 Å². The van der Waals surface area contributed by atoms with Gasteiger partial charge in [-0.15, -0.1) is 0 Å². The van der Waals surface area contributed by atoms with Crippen LogP contribution in [0.4, 0.5) is 0 Å². The lowest BCUT2D eigenvalue weighted by Crippen LogP contribution is -2.13. The number of ether oxygens (including phenoxy) is 1. The third-order valence-corrected chi connectivity index (χ3v) is 3.91. The number of aryl methyl sites for hydroxylation is 1. The number of Topliss-reactive ketones (excluding diaryl/α,β-unsaturated/α-hetero) is 1. The Morgan fingerprint density at radius 1 is 1.05 bits per heavy atom. The highest BCUT2D eigenvalue weighted by molar-refractivity contribution is 5.97. The molecule has 1 aliphatic carbocycles. The zero-order valence-electron chi connectivity index (χ0n) is 11.9. The number of esters is 1. The Labute approximate surface area is 123 Å². The third kappa shape index (κ3) is 2.59. The van der Waals surface area contributed by atoms with Crippen LogP contribution in [0.25, 0.3) is 11.1 Å². The second-order valence-electron chi connectivity index (χ2n) is 5.24. The van der Waals surface area contributed by atoms with Crippen molar-refractivity contribution in [1.82, 2.24) is 0 Å². The van der Waals surface area contributed by atoms with E-state index in [1.165, 1.54) is 12.7 Å². The van der Waals surface area contributed by atoms with E-state index in [9.17, 15) is 9.59 Å². The average molecular weight is 280 g/mol. The number of hydrogen-bond donors (Lipinski definition) is 0. The van der Waals surface area contributed by atoms with E-state index in [1.807, 2.05) is 30.3 Å². The number of carbonyl (C=O) groups excluding carboxylic acids is 2. The molecule has 2 aromatic rings. The topological polar surface area (TPSA) is 43.4 Å². The van der Waals surface area contributed by atoms with E-state index in [-0.39, 0.29) is 5.97 Å². The Hall–Kier alpha value is -2.42. The lowest BCUT2D eigenvalue weighted by molar-refractivity contribution is -0.118. The van der Waals surface area contributed by atoms with Crippen LogP contribution in [0.1, 0.15) is 27.9 Å². The average Bonchev–Trinajstić information content (AvgIpc) is 2.53. The number of carbonyl (C=O) groups is 2. The highest BCUT2D eigenvalue weighted by Gasteiger charge is 2.18. The van der Waals surface area contributed by atoms with Crippen molar-refractivity contribution in [2.75, 3.05) is 7.11 Å². The first kappa shape index (κ1) is 13.6. The van der Waals surface area contributed by atoms with Gasteiger partial charge in [-0.3, -0.25) is 4.79 Å². The molecule has 3 nitrogen and oxygen atoms in total. The minimum atomic E-state index is -0.335. The van der Waals surface area contributed by atoms with E-state index in [2.05, 4.69) is 6.07 Å². The summed E-state index contributed by atoms with van der Waals surface area (Å²) < 4.78 is 4.84. The van der Waals surface area contributed by atoms with Gasteiger partial charge in [0.1, 0.15) is 5.78 Å². The molecule has 0 saturated carbocycles. The summed E-state index contributed by atoms with van der Waals surface area (Å²) in [6.07, 6.45) is 1.91. The zero-order valence-corrected chi connectivity index (χ0v) is 11.9. The number of ketones is 1. The second-order valence-corrected chi connectivity index (χ2v) is 5.24. The van der Waals surface area contributed by atoms with Crippen molar-refractivity contribution in [2.45, 2.75) is 19.3 Å². The van der Waals surface area contributed by atoms with Crippen molar-refractivity contribution in [3.63, 3.8) is 0 Å². The fraction of sp³-hybridized carbons (Fsp3) is 0.222. The summed E-state index contributed by atoms with van der Waals surface area (Å²) in [5.74, 6) is -0.0382. The minimum Gasteiger partial charge on any atom is -0.465 e. The number of hydrogen-bond acceptors (Lipinski definition) is 3. The molecule has 0 heterocycles. The fourth-order valence-electron chi connectivity index (χ4n) is 2.80. The monoisotopic (exact) mass is 280 g/mol. The Morgan fingerprint density at radius 3 is 2.67 bits per heavy atom. The van der Waals surface area contributed by atoms with Gasteiger partial charge in [0.15, 0.2) is 0 Å². The van der Waals surface area contributed by atoms with Gasteiger partial charge in [-0.1, -0.05) is 36.4 Å². The van der Waals surface area contributed by atoms with Gasteiger partial charge in [-0.05, 0) is 34.7 Å². The molecule has 0 spiro atoms. The molecule has 2 aromatic carbocycles. The third-order valence-electron chi connectivity index (χ3n) is 3.91. The minimum absolute atomic E-state index is 0.296. The van der Waals surface area contributed by atoms with E-state index >= 15 is 0 Å². The van der Waals surface area contributed by atoms with Gasteiger partial charge in [0, 0.05) is 12.8 Å². The molecular formula is C18H16O3. The molecule has 0 radical (unpaired) electrons. The van der Waals surface area contributed by atoms with Gasteiger partial charge in [-0.2, -0.15) is 0 Å². The SMILES string of the molecule is COC(=O)c1ccccc1-c1ccc2c(c1)CCC(=O)C2. The maximum atomic E-state index is 11.9. The van der Waals surface area contributed by atoms with Crippen molar-refractivity contribution < 1.29 is 14.3 Å². The number of benzene rings is 2. The van der Waals surface area contributed by atoms with Crippen LogP contribution < -0.4 is 0 Å². The normalized spacial score (nSPS) is 13.7. The van der Waals surface area contributed by atoms with Crippen LogP contribution in [0, 0.1) is 0 Å². The van der Waals surface area contributed by atoms with E-state index in [0.717, 1.165) is 23.1 Å². The summed E-state index contributed by atoms with van der Waals surface area (Å²) in [6.45, 7) is 0. The van der Waals surface area contributed by atoms with Gasteiger partial charge in [0.25, 0.3) is 0 Å². The predicted molar refractivity (Wildman–Crippen MR) is 80.2 cm³/mol. The van der Waals surface area contributed by atoms with E-state index in [4.69, 9.17) is 4.74 Å². The quantitative estimate of drug-likeness (QED) is 0.793. The van der Waals surface area contributed by atoms with Crippen LogP contribution in [0.5, 0.6) is 0 Å². The number of methoxy groups -OCH3 is 1. The maximum Gasteiger partial charge on any atom is 0.338 e. The Kier molecular flexibility index (Phi) is 3.57. The summed E-state index contributed by atoms with van der Waals surface area (Å²) in [7, 11) is 1.39. The summed E-state index contributed by atoms with van der Waals surface area (Å²) in [5.41, 5.74) is 4.72. The molecule has 106 valence electrons. The fourth-order valence-corrected chi connectivity index (χ4v) is 2.80. The number of fused-ring (bicyclic) bond motifs is 1. The van der Waals surface area contributed by atoms with Gasteiger partial charge in [-0.25, -0.2) is 4.79 Å². The zero-order chi connectivity index (χ0) is 14.8. The van der Waals surface area contributed by atoms with E-state index in [0.29, 0.717) is 24.2 Å². The van der Waals surface area contributed by atoms with Crippen molar-refractivity contribution in [2.24, 2.45) is 0 Å². The molecule has 0 aliphatic heterocycles. The number of rotatable bonds is 2. The molecule has 0 amide bonds. The summed E-state index contributed by atoms with van der Waals surface area (Å²) in [5, 5.41) is 0. The summed E-state index contributed by atoms with van der Waals surface area (Å²) >= 11 is 0. The summed E-state index contributed by atoms with van der Waals surface area (Å²) in [4.78, 5) is 23.4. The first-order valence-electron chi connectivity index (χ1n) is 7.00. The van der Waals surface area contributed by atoms with Crippen molar-refractivity contribution >= 4 is 11.8 Å². The Morgan fingerprint density at radius 2 is 1.86 bits per heavy atom. The first-order chi connectivity index (χ1) is 10.2. The molecule has 0 unspecified atom stereocenters. The lowest BCUT2D eigenvalue weighted by Gasteiger charge is -2.17. The molecule has 0 saturated heterocycles. The first-order valence-corrected chi connectivity index (χ1v) is 7.00. The molecular weight excluding hydrogens is 264 g/mol. The van der Waals surface area contributed by atoms with Crippen LogP contribution in [-0.4, -0.2) is 18.9 Å². The molecule has 0 atom stereocenters. The molecule has 21 heavy (non-hydrogen) atoms. The molecule has 0 fully saturated rings. The second kappa shape index (κ2) is 5.52. The molecule has 0 bridgehead atoms.